The summed E-state index contributed by atoms with van der Waals surface area (Å²) in [6.45, 7) is 42.3. The van der Waals surface area contributed by atoms with Crippen LogP contribution < -0.4 is 16.1 Å². The second kappa shape index (κ2) is 31.7. The van der Waals surface area contributed by atoms with Crippen LogP contribution in [0.1, 0.15) is 232 Å². The van der Waals surface area contributed by atoms with Crippen molar-refractivity contribution < 1.29 is 47.4 Å². The number of hydrogen-bond acceptors (Lipinski definition) is 16. The summed E-state index contributed by atoms with van der Waals surface area (Å²) >= 11 is 3.54. The van der Waals surface area contributed by atoms with Crippen LogP contribution in [-0.4, -0.2) is 158 Å². The molecule has 0 bridgehead atoms. The number of amidine groups is 2. The van der Waals surface area contributed by atoms with E-state index >= 15 is 0 Å². The van der Waals surface area contributed by atoms with Gasteiger partial charge in [0, 0.05) is 89.8 Å². The van der Waals surface area contributed by atoms with E-state index in [0.717, 1.165) is 165 Å². The molecule has 0 saturated carbocycles. The van der Waals surface area contributed by atoms with Crippen LogP contribution in [0.15, 0.2) is 146 Å². The van der Waals surface area contributed by atoms with Crippen LogP contribution in [-0.2, 0) is 39.3 Å². The molecule has 22 heteroatoms. The molecule has 5 saturated heterocycles. The van der Waals surface area contributed by atoms with Gasteiger partial charge in [-0.2, -0.15) is 0 Å². The van der Waals surface area contributed by atoms with Crippen LogP contribution in [0.3, 0.4) is 0 Å². The first-order valence-electron chi connectivity index (χ1n) is 40.1. The number of carbonyl (C=O) groups excluding carboxylic acids is 4. The average Bonchev–Trinajstić information content (AvgIpc) is 1.50. The zero-order valence-corrected chi connectivity index (χ0v) is 71.0. The molecule has 113 heavy (non-hydrogen) atoms. The molecule has 0 unspecified atom stereocenters. The lowest BCUT2D eigenvalue weighted by molar-refractivity contribution is 0.00578. The van der Waals surface area contributed by atoms with Gasteiger partial charge in [0.1, 0.15) is 34.1 Å². The van der Waals surface area contributed by atoms with Gasteiger partial charge >= 0.3 is 31.5 Å². The number of rotatable bonds is 8. The molecule has 20 nitrogen and oxygen atoms in total. The fraction of sp³-hybridized carbons (Fsp3) is 0.516. The fourth-order valence-electron chi connectivity index (χ4n) is 16.2. The third kappa shape index (κ3) is 18.9. The lowest BCUT2D eigenvalue weighted by Gasteiger charge is -2.36. The second-order valence-corrected chi connectivity index (χ2v) is 38.1. The van der Waals surface area contributed by atoms with E-state index in [-0.39, 0.29) is 79.8 Å². The van der Waals surface area contributed by atoms with Crippen molar-refractivity contribution in [2.75, 3.05) is 36.8 Å². The Labute approximate surface area is 678 Å². The predicted octanol–water partition coefficient (Wildman–Crippen LogP) is 20.8. The van der Waals surface area contributed by atoms with E-state index in [1.807, 2.05) is 116 Å². The van der Waals surface area contributed by atoms with Gasteiger partial charge in [-0.3, -0.25) is 39.6 Å². The number of ether oxygens (including phenoxy) is 4. The Kier molecular flexibility index (Phi) is 23.5. The predicted molar refractivity (Wildman–Crippen MR) is 462 cm³/mol. The van der Waals surface area contributed by atoms with Gasteiger partial charge in [0.15, 0.2) is 0 Å². The number of nitrogens with one attached hydrogen (secondary N) is 2. The summed E-state index contributed by atoms with van der Waals surface area (Å²) in [5.74, 6) is 1.66. The molecule has 0 radical (unpaired) electrons. The maximum atomic E-state index is 13.1. The van der Waals surface area contributed by atoms with E-state index in [1.54, 1.807) is 4.90 Å². The van der Waals surface area contributed by atoms with Gasteiger partial charge in [-0.05, 0) is 287 Å². The molecule has 4 atom stereocenters. The molecule has 9 aliphatic heterocycles. The van der Waals surface area contributed by atoms with Crippen LogP contribution in [0.5, 0.6) is 0 Å². The number of aliphatic imine (C=N–C) groups is 4. The van der Waals surface area contributed by atoms with Crippen LogP contribution >= 0.6 is 15.9 Å². The van der Waals surface area contributed by atoms with Crippen molar-refractivity contribution in [1.29, 1.82) is 0 Å². The molecule has 9 aliphatic rings. The van der Waals surface area contributed by atoms with Gasteiger partial charge in [-0.25, -0.2) is 19.2 Å². The second-order valence-electron chi connectivity index (χ2n) is 37.2. The number of amides is 4. The highest BCUT2D eigenvalue weighted by molar-refractivity contribution is 9.10. The van der Waals surface area contributed by atoms with Gasteiger partial charge in [-0.15, -0.1) is 0 Å². The highest BCUT2D eigenvalue weighted by Crippen LogP contribution is 2.44. The average molecular weight is 1600 g/mol. The minimum atomic E-state index is -0.553. The third-order valence-electron chi connectivity index (χ3n) is 22.4. The Morgan fingerprint density at radius 2 is 0.761 bits per heavy atom. The van der Waals surface area contributed by atoms with Crippen molar-refractivity contribution in [3.05, 3.63) is 148 Å². The minimum Gasteiger partial charge on any atom is -0.444 e. The maximum absolute atomic E-state index is 13.1. The number of likely N-dealkylation sites (tertiary alicyclic amines) is 4. The highest BCUT2D eigenvalue weighted by atomic mass is 79.9. The van der Waals surface area contributed by atoms with Gasteiger partial charge in [0.05, 0.1) is 46.4 Å². The van der Waals surface area contributed by atoms with Gasteiger partial charge < -0.3 is 38.9 Å². The Balaban J connectivity index is 0.000000167. The fourth-order valence-corrected chi connectivity index (χ4v) is 16.6. The van der Waals surface area contributed by atoms with Crippen molar-refractivity contribution >= 4 is 120 Å². The monoisotopic (exact) mass is 1600 g/mol. The van der Waals surface area contributed by atoms with Crippen molar-refractivity contribution in [2.24, 2.45) is 20.0 Å². The first-order valence-corrected chi connectivity index (χ1v) is 40.9. The normalized spacial score (nSPS) is 22.0. The summed E-state index contributed by atoms with van der Waals surface area (Å²) in [7, 11) is -0.369. The maximum Gasteiger partial charge on any atom is 0.494 e. The summed E-state index contributed by atoms with van der Waals surface area (Å²) in [6, 6.07) is 38.6. The Morgan fingerprint density at radius 3 is 1.17 bits per heavy atom. The van der Waals surface area contributed by atoms with E-state index < -0.39 is 27.9 Å². The Hall–Kier alpha value is -8.86. The SMILES string of the molecule is C.CC(C)(C)OC(=O)N1CCC[C@H]1C1=NC(C)(C)c2ccc(Br)cc2N1.CC(C)(C)OC(=O)N1CCC[C@H]1C1=NC=C(c2ccc3cc(-c4ccc5c(c4)NC([C@@H]4CCCN4C(=O)OC(C)(C)C)=NC5(C)C)ccc3c2)C1.CC(C)(C)OC(=O)N1CCC[C@H]1C1=NC=C(c2ccc3cc(B4OC(C)(C)C(C)(C)O4)ccc3c2)C1. The molecule has 2 N–H and O–H groups in total. The Morgan fingerprint density at radius 1 is 0.434 bits per heavy atom. The quantitative estimate of drug-likeness (QED) is 0.108. The third-order valence-corrected chi connectivity index (χ3v) is 22.9. The highest BCUT2D eigenvalue weighted by Gasteiger charge is 2.52. The number of anilines is 2. The van der Waals surface area contributed by atoms with E-state index in [2.05, 4.69) is 185 Å². The van der Waals surface area contributed by atoms with Gasteiger partial charge in [0.2, 0.25) is 0 Å². The largest absolute Gasteiger partial charge is 0.494 e. The summed E-state index contributed by atoms with van der Waals surface area (Å²) in [5.41, 5.74) is 10.8. The number of fused-ring (bicyclic) bond motifs is 4. The number of nitrogens with zero attached hydrogens (tertiary/aromatic N) is 8. The summed E-state index contributed by atoms with van der Waals surface area (Å²) in [4.78, 5) is 78.3. The van der Waals surface area contributed by atoms with Crippen LogP contribution in [0.4, 0.5) is 30.6 Å². The molecule has 0 aliphatic carbocycles. The van der Waals surface area contributed by atoms with Crippen molar-refractivity contribution in [3.8, 4) is 11.1 Å². The molecule has 9 heterocycles. The standard InChI is InChI=1S/C42H51N5O4.C29H37BN2O4.C19H26BrN3O2.CH4/c1-40(2,3)50-38(48)46-19-9-11-35(46)34-24-31(25-43-34)29-16-15-26-21-28(14-13-27(26)22-29)30-17-18-32-33(23-30)44-37(45-42(32,7)8)36-12-10-20-47(36)39(49)51-41(4,5)6;1-27(2,3)34-26(33)32-14-8-9-25(32)24-17-22(18-31-24)20-10-11-21-16-23(13-12-19(21)15-20)30-35-28(4,5)29(6,7)36-30;1-18(2,3)25-17(24)23-10-6-7-15(23)16-21-14-11-12(20)8-9-13(14)19(4,5)22-16;/h13-18,21-23,25,35-36H,9-12,19-20,24H2,1-8H3,(H,44,45);10-13,15-16,18,25H,8-9,14,17H2,1-7H3;8-9,11,15H,6-7,10H2,1-5H3,(H,21,22);1H4/t35-,36-;25-;15-;/m000./s1. The molecule has 0 spiro atoms. The number of carbonyl (C=O) groups is 4. The Bertz CT molecular complexity index is 4860. The molecule has 6 aromatic rings. The van der Waals surface area contributed by atoms with Crippen LogP contribution in [0.2, 0.25) is 0 Å². The molecule has 5 fully saturated rings. The molecule has 602 valence electrons. The molecule has 15 rings (SSSR count). The number of allylic oxidation sites excluding steroid dienone is 2. The van der Waals surface area contributed by atoms with E-state index in [0.29, 0.717) is 19.6 Å². The molecular weight excluding hydrogens is 1480 g/mol. The number of benzene rings is 6. The summed E-state index contributed by atoms with van der Waals surface area (Å²) in [6.07, 6.45) is 11.7. The van der Waals surface area contributed by atoms with Gasteiger partial charge in [-0.1, -0.05) is 96.2 Å². The number of halogens is 1. The zero-order valence-electron chi connectivity index (χ0n) is 69.4. The van der Waals surface area contributed by atoms with Crippen molar-refractivity contribution in [2.45, 2.75) is 279 Å². The smallest absolute Gasteiger partial charge is 0.444 e. The zero-order chi connectivity index (χ0) is 80.6. The summed E-state index contributed by atoms with van der Waals surface area (Å²) in [5, 5.41) is 11.7. The molecule has 0 aromatic heterocycles. The van der Waals surface area contributed by atoms with E-state index in [1.165, 1.54) is 16.5 Å². The minimum absolute atomic E-state index is 0. The van der Waals surface area contributed by atoms with E-state index in [9.17, 15) is 19.2 Å². The first-order chi connectivity index (χ1) is 52.4. The van der Waals surface area contributed by atoms with E-state index in [4.69, 9.17) is 48.2 Å². The lowest BCUT2D eigenvalue weighted by Crippen LogP contribution is -2.47. The van der Waals surface area contributed by atoms with Crippen molar-refractivity contribution in [1.82, 2.24) is 19.6 Å². The van der Waals surface area contributed by atoms with Crippen LogP contribution in [0.25, 0.3) is 43.8 Å². The number of hydrogen-bond donors (Lipinski definition) is 2. The lowest BCUT2D eigenvalue weighted by atomic mass is 9.78. The van der Waals surface area contributed by atoms with Crippen molar-refractivity contribution in [3.63, 3.8) is 0 Å². The molecular formula is C91H118BBrN10O10. The molecule has 6 aromatic carbocycles. The topological polar surface area (TPSA) is 210 Å². The molecule has 4 amide bonds. The first kappa shape index (κ1) is 83.6. The van der Waals surface area contributed by atoms with Crippen LogP contribution in [0, 0.1) is 0 Å². The van der Waals surface area contributed by atoms with Gasteiger partial charge in [0.25, 0.3) is 0 Å². The summed E-state index contributed by atoms with van der Waals surface area (Å²) < 4.78 is 36.1.